The van der Waals surface area contributed by atoms with Crippen LogP contribution in [0, 0.1) is 0 Å². The van der Waals surface area contributed by atoms with Gasteiger partial charge in [-0.15, -0.1) is 0 Å². The number of nitrogens with one attached hydrogen (secondary N) is 5. The van der Waals surface area contributed by atoms with Gasteiger partial charge in [0.05, 0.1) is 119 Å². The summed E-state index contributed by atoms with van der Waals surface area (Å²) in [6, 6.07) is 16.0. The van der Waals surface area contributed by atoms with Crippen LogP contribution in [0.2, 0.25) is 0 Å². The molecule has 0 spiro atoms. The van der Waals surface area contributed by atoms with Crippen LogP contribution >= 0.6 is 79.6 Å². The first kappa shape index (κ1) is 118. The molecule has 11 amide bonds. The van der Waals surface area contributed by atoms with Crippen molar-refractivity contribution in [3.63, 3.8) is 0 Å². The first-order chi connectivity index (χ1) is 62.5. The van der Waals surface area contributed by atoms with Gasteiger partial charge in [-0.25, -0.2) is 14.4 Å². The second kappa shape index (κ2) is 61.0. The number of carbonyl (C=O) groups excluding carboxylic acids is 11. The summed E-state index contributed by atoms with van der Waals surface area (Å²) >= 11 is 44.1. The Hall–Kier alpha value is -3.67. The molecule has 38 nitrogen and oxygen atoms in total. The highest BCUT2D eigenvalue weighted by Crippen LogP contribution is 2.36. The third kappa shape index (κ3) is 34.4. The van der Waals surface area contributed by atoms with E-state index < -0.39 is 37.2 Å². The van der Waals surface area contributed by atoms with Crippen molar-refractivity contribution < 1.29 is 91.4 Å². The zero-order valence-electron chi connectivity index (χ0n) is 72.1. The predicted octanol–water partition coefficient (Wildman–Crippen LogP) is 4.39. The Morgan fingerprint density at radius 2 is 0.725 bits per heavy atom. The van der Waals surface area contributed by atoms with E-state index in [-0.39, 0.29) is 122 Å². The fraction of sp³-hybridized carbons (Fsp3) is 0.557. The van der Waals surface area contributed by atoms with Crippen LogP contribution in [0.15, 0.2) is 83.7 Å². The maximum Gasteiger partial charge on any atom is 0.322 e. The number of β-amino-alcohol motifs (C(OH)–C–C–N with tert-alkyl or cyclic N) is 1. The fourth-order valence-corrected chi connectivity index (χ4v) is 33.9. The van der Waals surface area contributed by atoms with Gasteiger partial charge < -0.3 is 122 Å². The number of aliphatic hydroxyl groups excluding tert-OH is 2. The molecule has 0 aromatic carbocycles. The molecule has 61 heteroatoms. The van der Waals surface area contributed by atoms with Crippen molar-refractivity contribution in [3.05, 3.63) is 112 Å². The number of esters is 1. The molecule has 13 heterocycles. The van der Waals surface area contributed by atoms with Crippen molar-refractivity contribution in [3.8, 4) is 0 Å². The highest BCUT2D eigenvalue weighted by molar-refractivity contribution is 9.11. The smallest absolute Gasteiger partial charge is 0.322 e. The standard InChI is InChI=1S/C16H24BrN5O4.C16H22BrN5O4.C11H13BrN2O4.C10H13BrN2O3.C10H11BrN2O3.C7H15N3O.S7.S6.S5/c2*1-19-8-20(2)16(25)21(9-19)7-10(23)6-12-15(26-3)18-14(24)11-4-5-13(17)22(11)12;1-17-9(15)5-7-11(18-2)13-10(16)6-3-4-8(12)14(6)7;2*1-16-10-7(4-5-14)13-6(9(15)12-10)2-3-8(13)11;1-4-10-6-8(2)5-9(3)7(10)11;1-3-5-7-6-4-2;1-3-5-6-4-2;1-3-5-4-2/h4-5,10,12,15,23H,6-9H2,1-3H3,(H,18,24);4-5,12,15H,6-9H2,1-3H3,(H,18,24);3-4,7,11H,5H2,1-2H3,(H,13,16);2-3,7,10,14H,4-5H2,1H3,(H,12,15);2-3,5,7,10H,4H2,1H3,(H,12,15);4-6H2,1-3H3;;;/t10?,12-,15-;12-,15-;7-,11-;2*7-,10-;;;;/m11111..../s1. The molecule has 0 bridgehead atoms. The van der Waals surface area contributed by atoms with E-state index in [2.05, 4.69) is 183 Å². The molecule has 5 aromatic rings. The number of methoxy groups -OCH3 is 6. The van der Waals surface area contributed by atoms with Crippen molar-refractivity contribution in [1.82, 2.24) is 93.5 Å². The maximum absolute atomic E-state index is 12.7. The molecule has 0 radical (unpaired) electrons. The second-order valence-electron chi connectivity index (χ2n) is 28.3. The van der Waals surface area contributed by atoms with Crippen LogP contribution in [0.5, 0.6) is 0 Å². The lowest BCUT2D eigenvalue weighted by Crippen LogP contribution is -2.57. The number of halogens is 5. The second-order valence-corrected chi connectivity index (χ2v) is 53.6. The monoisotopic (exact) mass is 2480 g/mol. The Balaban J connectivity index is 0.000000272. The topological polar surface area (TPSA) is 398 Å². The Kier molecular flexibility index (Phi) is 54.9. The molecule has 730 valence electrons. The average Bonchev–Trinajstić information content (AvgIpc) is 1.64. The van der Waals surface area contributed by atoms with Crippen molar-refractivity contribution in [1.29, 1.82) is 0 Å². The van der Waals surface area contributed by atoms with Gasteiger partial charge in [0.15, 0.2) is 36.9 Å². The number of carbonyl (C=O) groups is 11. The maximum atomic E-state index is 12.7. The predicted molar refractivity (Wildman–Crippen MR) is 557 cm³/mol. The lowest BCUT2D eigenvalue weighted by Gasteiger charge is -2.40. The summed E-state index contributed by atoms with van der Waals surface area (Å²) in [4.78, 5) is 146. The number of urea groups is 3. The number of aromatic nitrogens is 5. The summed E-state index contributed by atoms with van der Waals surface area (Å²) in [5.74, 6) is -1.51. The first-order valence-electron chi connectivity index (χ1n) is 38.1. The number of fused-ring (bicyclic) bond motifs is 5. The van der Waals surface area contributed by atoms with Crippen LogP contribution in [0.25, 0.3) is 0 Å². The zero-order chi connectivity index (χ0) is 97.6. The first-order valence-corrected chi connectivity index (χ1v) is 62.1. The van der Waals surface area contributed by atoms with Crippen LogP contribution in [-0.4, -0.2) is 331 Å². The summed E-state index contributed by atoms with van der Waals surface area (Å²) in [5.41, 5.74) is 2.59. The van der Waals surface area contributed by atoms with E-state index in [1.54, 1.807) is 129 Å². The minimum absolute atomic E-state index is 0.0165. The minimum atomic E-state index is -0.765. The molecular formula is C70H98Br5N19O19S18. The molecule has 11 atom stereocenters. The number of nitrogens with zero attached hydrogens (tertiary/aromatic N) is 14. The number of aldehydes is 1. The Bertz CT molecular complexity index is 5350. The Morgan fingerprint density at radius 1 is 0.427 bits per heavy atom. The number of aliphatic hydroxyl groups is 2. The quantitative estimate of drug-likeness (QED) is 0.0419. The SMILES string of the molecule is CCN1CN(C)CN(C)C1=O.COC(=O)C[C@@H]1[C@@H](OC)NC(=O)c2ccc(Br)n21.CO[C@H]1NC(=O)c2ccc(Br)n2[C@@H]1CC(=O)CN1CN(C)CN(C)C1=O.CO[C@H]1NC(=O)c2ccc(Br)n2[C@@H]1CC(O)CN1CN(C)CN(C)C1=O.CO[C@H]1NC(=O)c2ccc(Br)n2[C@@H]1CC=O.CO[C@H]1NC(=O)c2ccc(Br)n2[C@@H]1CCO.S=S=S=S=S.S=S=S=S=S=S.S=S=S=S=S=S=S. The van der Waals surface area contributed by atoms with E-state index in [0.29, 0.717) is 79.0 Å². The highest BCUT2D eigenvalue weighted by Gasteiger charge is 2.42. The summed E-state index contributed by atoms with van der Waals surface area (Å²) in [6.07, 6.45) is -1.16. The van der Waals surface area contributed by atoms with E-state index in [1.165, 1.54) is 127 Å². The van der Waals surface area contributed by atoms with E-state index in [9.17, 15) is 57.8 Å². The van der Waals surface area contributed by atoms with Crippen molar-refractivity contribution >= 4 is 319 Å². The third-order valence-electron chi connectivity index (χ3n) is 19.7. The van der Waals surface area contributed by atoms with E-state index in [1.807, 2.05) is 65.0 Å². The number of hydrogen-bond acceptors (Lipinski definition) is 28. The van der Waals surface area contributed by atoms with Gasteiger partial charge in [-0.05, 0) is 175 Å². The molecular weight excluding hydrogens is 2390 g/mol. The van der Waals surface area contributed by atoms with Gasteiger partial charge in [0.25, 0.3) is 29.5 Å². The lowest BCUT2D eigenvalue weighted by atomic mass is 10.0. The number of Topliss-reactive ketones (excluding diaryl/α,β-unsaturated/α-hetero) is 1. The van der Waals surface area contributed by atoms with Crippen LogP contribution in [0.3, 0.4) is 0 Å². The van der Waals surface area contributed by atoms with Gasteiger partial charge in [-0.3, -0.25) is 48.3 Å². The average molecular weight is 2490 g/mol. The number of rotatable bonds is 20. The minimum Gasteiger partial charge on any atom is -0.469 e. The van der Waals surface area contributed by atoms with Crippen LogP contribution in [-0.2, 0) is 216 Å². The molecule has 8 aliphatic heterocycles. The van der Waals surface area contributed by atoms with Gasteiger partial charge in [0, 0.05) is 269 Å². The number of amides is 11. The van der Waals surface area contributed by atoms with E-state index in [0.717, 1.165) is 44.6 Å². The number of hydrogen-bond donors (Lipinski definition) is 7. The van der Waals surface area contributed by atoms with Gasteiger partial charge in [0.2, 0.25) is 0 Å². The van der Waals surface area contributed by atoms with E-state index in [4.69, 9.17) is 28.8 Å². The third-order valence-corrected chi connectivity index (χ3v) is 42.9. The lowest BCUT2D eigenvalue weighted by molar-refractivity contribution is -0.143. The Labute approximate surface area is 863 Å². The van der Waals surface area contributed by atoms with Crippen molar-refractivity contribution in [2.24, 2.45) is 0 Å². The van der Waals surface area contributed by atoms with Crippen LogP contribution in [0.1, 0.15) is 122 Å². The molecule has 13 rings (SSSR count). The zero-order valence-corrected chi connectivity index (χ0v) is 94.8. The number of ketones is 1. The molecule has 131 heavy (non-hydrogen) atoms. The molecule has 0 saturated carbocycles. The van der Waals surface area contributed by atoms with E-state index >= 15 is 0 Å². The normalized spacial score (nSPS) is 21.3. The molecule has 1 unspecified atom stereocenters. The van der Waals surface area contributed by atoms with Gasteiger partial charge in [0.1, 0.15) is 34.8 Å². The highest BCUT2D eigenvalue weighted by atomic mass is 79.9. The number of ether oxygens (including phenoxy) is 6. The molecule has 3 saturated heterocycles. The summed E-state index contributed by atoms with van der Waals surface area (Å²) < 4.78 is 43.8. The summed E-state index contributed by atoms with van der Waals surface area (Å²) in [5, 5.41) is 33.4. The van der Waals surface area contributed by atoms with Crippen molar-refractivity contribution in [2.75, 3.05) is 151 Å². The summed E-state index contributed by atoms with van der Waals surface area (Å²) in [6.45, 7) is 6.49. The molecule has 7 N–H and O–H groups in total. The van der Waals surface area contributed by atoms with Gasteiger partial charge >= 0.3 is 24.1 Å². The largest absolute Gasteiger partial charge is 0.469 e. The molecule has 8 aliphatic rings. The van der Waals surface area contributed by atoms with Crippen LogP contribution < -0.4 is 26.6 Å². The Morgan fingerprint density at radius 3 is 1.06 bits per heavy atom. The molecule has 5 aromatic heterocycles. The van der Waals surface area contributed by atoms with Gasteiger partial charge in [-0.2, -0.15) is 0 Å². The molecule has 0 aliphatic carbocycles. The molecule has 3 fully saturated rings. The van der Waals surface area contributed by atoms with Gasteiger partial charge in [-0.1, -0.05) is 0 Å². The van der Waals surface area contributed by atoms with Crippen molar-refractivity contribution in [2.45, 2.75) is 106 Å². The fourth-order valence-electron chi connectivity index (χ4n) is 14.5. The summed E-state index contributed by atoms with van der Waals surface area (Å²) in [7, 11) is 36.9. The van der Waals surface area contributed by atoms with Crippen LogP contribution in [0.4, 0.5) is 14.4 Å².